The predicted molar refractivity (Wildman–Crippen MR) is 87.5 cm³/mol. The number of morpholine rings is 1. The van der Waals surface area contributed by atoms with Crippen LogP contribution in [0.5, 0.6) is 0 Å². The number of halogens is 1. The summed E-state index contributed by atoms with van der Waals surface area (Å²) in [4.78, 5) is 14.4. The molecule has 4 heteroatoms. The number of carbonyl (C=O) groups is 1. The summed E-state index contributed by atoms with van der Waals surface area (Å²) in [6.45, 7) is 1.80. The molecule has 0 spiro atoms. The zero-order valence-electron chi connectivity index (χ0n) is 13.7. The van der Waals surface area contributed by atoms with E-state index in [1.807, 2.05) is 4.90 Å². The van der Waals surface area contributed by atoms with Crippen molar-refractivity contribution in [3.05, 3.63) is 35.6 Å². The van der Waals surface area contributed by atoms with Gasteiger partial charge in [0.15, 0.2) is 0 Å². The highest BCUT2D eigenvalue weighted by Crippen LogP contribution is 2.28. The van der Waals surface area contributed by atoms with E-state index in [1.54, 1.807) is 12.1 Å². The molecule has 1 unspecified atom stereocenters. The maximum Gasteiger partial charge on any atom is 0.222 e. The molecule has 23 heavy (non-hydrogen) atoms. The van der Waals surface area contributed by atoms with Crippen LogP contribution in [0.1, 0.15) is 56.6 Å². The third-order valence-electron chi connectivity index (χ3n) is 5.15. The van der Waals surface area contributed by atoms with Crippen LogP contribution in [-0.2, 0) is 9.53 Å². The Morgan fingerprint density at radius 3 is 2.65 bits per heavy atom. The van der Waals surface area contributed by atoms with Gasteiger partial charge in [-0.15, -0.1) is 0 Å². The van der Waals surface area contributed by atoms with Gasteiger partial charge >= 0.3 is 0 Å². The molecular formula is C19H26FNO2. The number of benzene rings is 1. The summed E-state index contributed by atoms with van der Waals surface area (Å²) in [5, 5.41) is 0. The van der Waals surface area contributed by atoms with E-state index in [1.165, 1.54) is 44.2 Å². The van der Waals surface area contributed by atoms with Gasteiger partial charge in [0.25, 0.3) is 0 Å². The SMILES string of the molecule is O=C(CCC1CCCCC1)N1CCOC(c2ccc(F)cc2)C1. The first kappa shape index (κ1) is 16.4. The highest BCUT2D eigenvalue weighted by molar-refractivity contribution is 5.76. The van der Waals surface area contributed by atoms with Gasteiger partial charge in [-0.3, -0.25) is 4.79 Å². The molecule has 1 saturated carbocycles. The van der Waals surface area contributed by atoms with E-state index >= 15 is 0 Å². The van der Waals surface area contributed by atoms with Crippen LogP contribution >= 0.6 is 0 Å². The summed E-state index contributed by atoms with van der Waals surface area (Å²) in [6.07, 6.45) is 8.11. The molecule has 3 nitrogen and oxygen atoms in total. The second-order valence-corrected chi connectivity index (χ2v) is 6.79. The number of ether oxygens (including phenoxy) is 1. The highest BCUT2D eigenvalue weighted by Gasteiger charge is 2.26. The summed E-state index contributed by atoms with van der Waals surface area (Å²) in [7, 11) is 0. The molecule has 0 aromatic heterocycles. The first-order chi connectivity index (χ1) is 11.2. The van der Waals surface area contributed by atoms with E-state index in [-0.39, 0.29) is 17.8 Å². The zero-order valence-corrected chi connectivity index (χ0v) is 13.7. The van der Waals surface area contributed by atoms with Crippen molar-refractivity contribution in [1.29, 1.82) is 0 Å². The lowest BCUT2D eigenvalue weighted by Crippen LogP contribution is -2.42. The molecule has 1 atom stereocenters. The summed E-state index contributed by atoms with van der Waals surface area (Å²) in [6, 6.07) is 6.39. The highest BCUT2D eigenvalue weighted by atomic mass is 19.1. The lowest BCUT2D eigenvalue weighted by atomic mass is 9.86. The lowest BCUT2D eigenvalue weighted by molar-refractivity contribution is -0.139. The second kappa shape index (κ2) is 7.91. The van der Waals surface area contributed by atoms with Gasteiger partial charge in [-0.2, -0.15) is 0 Å². The molecule has 1 aliphatic carbocycles. The van der Waals surface area contributed by atoms with Crippen LogP contribution in [-0.4, -0.2) is 30.5 Å². The van der Waals surface area contributed by atoms with Crippen molar-refractivity contribution in [3.8, 4) is 0 Å². The third kappa shape index (κ3) is 4.54. The second-order valence-electron chi connectivity index (χ2n) is 6.79. The van der Waals surface area contributed by atoms with Gasteiger partial charge in [-0.1, -0.05) is 44.2 Å². The summed E-state index contributed by atoms with van der Waals surface area (Å²) in [5.74, 6) is 0.734. The molecular weight excluding hydrogens is 293 g/mol. The molecule has 1 aromatic carbocycles. The first-order valence-electron chi connectivity index (χ1n) is 8.87. The molecule has 1 aromatic rings. The smallest absolute Gasteiger partial charge is 0.222 e. The zero-order chi connectivity index (χ0) is 16.1. The van der Waals surface area contributed by atoms with Crippen molar-refractivity contribution in [1.82, 2.24) is 4.90 Å². The van der Waals surface area contributed by atoms with Crippen molar-refractivity contribution in [2.24, 2.45) is 5.92 Å². The number of rotatable bonds is 4. The summed E-state index contributed by atoms with van der Waals surface area (Å²) in [5.41, 5.74) is 0.941. The molecule has 1 amide bonds. The van der Waals surface area contributed by atoms with Crippen LogP contribution in [0, 0.1) is 11.7 Å². The fraction of sp³-hybridized carbons (Fsp3) is 0.632. The average molecular weight is 319 g/mol. The molecule has 2 aliphatic rings. The third-order valence-corrected chi connectivity index (χ3v) is 5.15. The fourth-order valence-corrected chi connectivity index (χ4v) is 3.72. The Kier molecular flexibility index (Phi) is 5.65. The van der Waals surface area contributed by atoms with Crippen LogP contribution in [0.25, 0.3) is 0 Å². The van der Waals surface area contributed by atoms with E-state index in [0.29, 0.717) is 26.1 Å². The van der Waals surface area contributed by atoms with Crippen molar-refractivity contribution in [2.45, 2.75) is 51.0 Å². The van der Waals surface area contributed by atoms with E-state index in [2.05, 4.69) is 0 Å². The molecule has 1 saturated heterocycles. The molecule has 0 N–H and O–H groups in total. The quantitative estimate of drug-likeness (QED) is 0.836. The minimum atomic E-state index is -0.245. The van der Waals surface area contributed by atoms with Gasteiger partial charge in [-0.25, -0.2) is 4.39 Å². The van der Waals surface area contributed by atoms with Gasteiger partial charge in [0.1, 0.15) is 11.9 Å². The van der Waals surface area contributed by atoms with Crippen LogP contribution in [0.2, 0.25) is 0 Å². The fourth-order valence-electron chi connectivity index (χ4n) is 3.72. The normalized spacial score (nSPS) is 23.0. The van der Waals surface area contributed by atoms with Gasteiger partial charge < -0.3 is 9.64 Å². The molecule has 0 bridgehead atoms. The van der Waals surface area contributed by atoms with Gasteiger partial charge in [0, 0.05) is 13.0 Å². The summed E-state index contributed by atoms with van der Waals surface area (Å²) < 4.78 is 18.8. The maximum atomic E-state index is 13.0. The minimum Gasteiger partial charge on any atom is -0.370 e. The minimum absolute atomic E-state index is 0.136. The van der Waals surface area contributed by atoms with Crippen molar-refractivity contribution >= 4 is 5.91 Å². The van der Waals surface area contributed by atoms with Crippen LogP contribution in [0.3, 0.4) is 0 Å². The average Bonchev–Trinajstić information content (AvgIpc) is 2.61. The van der Waals surface area contributed by atoms with E-state index < -0.39 is 0 Å². The summed E-state index contributed by atoms with van der Waals surface area (Å²) >= 11 is 0. The Hall–Kier alpha value is -1.42. The molecule has 2 fully saturated rings. The van der Waals surface area contributed by atoms with E-state index in [9.17, 15) is 9.18 Å². The lowest BCUT2D eigenvalue weighted by Gasteiger charge is -2.33. The molecule has 0 radical (unpaired) electrons. The number of amides is 1. The Morgan fingerprint density at radius 2 is 1.91 bits per heavy atom. The number of nitrogens with zero attached hydrogens (tertiary/aromatic N) is 1. The largest absolute Gasteiger partial charge is 0.370 e. The Balaban J connectivity index is 1.51. The van der Waals surface area contributed by atoms with Crippen LogP contribution in [0.15, 0.2) is 24.3 Å². The van der Waals surface area contributed by atoms with Crippen LogP contribution in [0.4, 0.5) is 4.39 Å². The maximum absolute atomic E-state index is 13.0. The van der Waals surface area contributed by atoms with Crippen molar-refractivity contribution < 1.29 is 13.9 Å². The predicted octanol–water partition coefficient (Wildman–Crippen LogP) is 4.09. The number of hydrogen-bond acceptors (Lipinski definition) is 2. The van der Waals surface area contributed by atoms with Crippen molar-refractivity contribution in [3.63, 3.8) is 0 Å². The van der Waals surface area contributed by atoms with E-state index in [4.69, 9.17) is 4.74 Å². The molecule has 1 heterocycles. The van der Waals surface area contributed by atoms with Crippen molar-refractivity contribution in [2.75, 3.05) is 19.7 Å². The van der Waals surface area contributed by atoms with Gasteiger partial charge in [0.2, 0.25) is 5.91 Å². The Morgan fingerprint density at radius 1 is 1.17 bits per heavy atom. The monoisotopic (exact) mass is 319 g/mol. The molecule has 1 aliphatic heterocycles. The van der Waals surface area contributed by atoms with Gasteiger partial charge in [0.05, 0.1) is 13.2 Å². The Bertz CT molecular complexity index is 511. The number of carbonyl (C=O) groups excluding carboxylic acids is 1. The van der Waals surface area contributed by atoms with E-state index in [0.717, 1.165) is 17.9 Å². The Labute approximate surface area is 137 Å². The molecule has 126 valence electrons. The standard InChI is InChI=1S/C19H26FNO2/c20-17-9-7-16(8-10-17)18-14-21(12-13-23-18)19(22)11-6-15-4-2-1-3-5-15/h7-10,15,18H,1-6,11-14H2. The first-order valence-corrected chi connectivity index (χ1v) is 8.87. The topological polar surface area (TPSA) is 29.5 Å². The van der Waals surface area contributed by atoms with Crippen LogP contribution < -0.4 is 0 Å². The molecule has 3 rings (SSSR count). The van der Waals surface area contributed by atoms with Gasteiger partial charge in [-0.05, 0) is 30.0 Å². The number of hydrogen-bond donors (Lipinski definition) is 0.